The van der Waals surface area contributed by atoms with Gasteiger partial charge in [0, 0.05) is 22.4 Å². The summed E-state index contributed by atoms with van der Waals surface area (Å²) in [4.78, 5) is 3.93. The Morgan fingerprint density at radius 3 is 1.83 bits per heavy atom. The van der Waals surface area contributed by atoms with Crippen LogP contribution in [-0.4, -0.2) is 29.9 Å². The van der Waals surface area contributed by atoms with Crippen molar-refractivity contribution in [3.63, 3.8) is 0 Å². The number of para-hydroxylation sites is 1. The predicted octanol–water partition coefficient (Wildman–Crippen LogP) is 9.46. The second kappa shape index (κ2) is 14.3. The van der Waals surface area contributed by atoms with Crippen molar-refractivity contribution in [2.75, 3.05) is 23.9 Å². The van der Waals surface area contributed by atoms with E-state index in [-0.39, 0.29) is 40.6 Å². The normalized spacial score (nSPS) is 17.5. The van der Waals surface area contributed by atoms with Crippen molar-refractivity contribution in [3.8, 4) is 0 Å². The van der Waals surface area contributed by atoms with Gasteiger partial charge in [0.25, 0.3) is 0 Å². The number of anilines is 1. The molecule has 2 heterocycles. The molecular weight excluding hydrogens is 566 g/mol. The van der Waals surface area contributed by atoms with Gasteiger partial charge in [-0.3, -0.25) is 4.31 Å². The van der Waals surface area contributed by atoms with E-state index in [0.29, 0.717) is 5.92 Å². The van der Waals surface area contributed by atoms with E-state index in [1.165, 1.54) is 40.5 Å². The SMILES string of the molecule is Cl.Fc1ccc(C(CCCN2CCC(C3=CC=S(c4ccccc4)N3c3ccccc3)CC2)c2ccc(F)cc2)cc1. The van der Waals surface area contributed by atoms with Crippen LogP contribution in [0.1, 0.15) is 42.7 Å². The van der Waals surface area contributed by atoms with E-state index in [1.54, 1.807) is 0 Å². The van der Waals surface area contributed by atoms with Crippen LogP contribution >= 0.6 is 23.1 Å². The number of hydrogen-bond donors (Lipinski definition) is 0. The van der Waals surface area contributed by atoms with Crippen molar-refractivity contribution in [1.82, 2.24) is 4.90 Å². The van der Waals surface area contributed by atoms with Crippen molar-refractivity contribution in [3.05, 3.63) is 144 Å². The first-order chi connectivity index (χ1) is 20.2. The lowest BCUT2D eigenvalue weighted by molar-refractivity contribution is 0.195. The Balaban J connectivity index is 0.00000353. The molecule has 0 radical (unpaired) electrons. The standard InChI is InChI=1S/C36H36F2N2S.ClH/c37-31-17-13-28(14-18-31)35(29-15-19-32(38)20-16-29)12-7-24-39-25-21-30(22-26-39)36-23-27-41(34-10-5-2-6-11-34)40(36)33-8-3-1-4-9-33;/h1-6,8-11,13-20,23,27,30,35H,7,12,21-22,24-26H2;1H. The summed E-state index contributed by atoms with van der Waals surface area (Å²) in [5.41, 5.74) is 4.86. The topological polar surface area (TPSA) is 6.48 Å². The Morgan fingerprint density at radius 2 is 1.26 bits per heavy atom. The number of benzene rings is 4. The fourth-order valence-electron chi connectivity index (χ4n) is 6.14. The van der Waals surface area contributed by atoms with Gasteiger partial charge < -0.3 is 4.90 Å². The molecule has 2 aliphatic rings. The highest BCUT2D eigenvalue weighted by molar-refractivity contribution is 8.16. The monoisotopic (exact) mass is 602 g/mol. The average molecular weight is 603 g/mol. The zero-order valence-corrected chi connectivity index (χ0v) is 25.3. The molecule has 0 aliphatic carbocycles. The summed E-state index contributed by atoms with van der Waals surface area (Å²) in [5.74, 6) is 0.204. The lowest BCUT2D eigenvalue weighted by Gasteiger charge is -2.37. The second-order valence-corrected chi connectivity index (χ2v) is 12.6. The Bertz CT molecular complexity index is 1440. The Hall–Kier alpha value is -3.25. The van der Waals surface area contributed by atoms with Crippen molar-refractivity contribution in [2.24, 2.45) is 5.92 Å². The lowest BCUT2D eigenvalue weighted by Crippen LogP contribution is -2.36. The van der Waals surface area contributed by atoms with E-state index >= 15 is 0 Å². The van der Waals surface area contributed by atoms with E-state index < -0.39 is 0 Å². The number of piperidine rings is 1. The van der Waals surface area contributed by atoms with Crippen LogP contribution in [0.4, 0.5) is 14.5 Å². The average Bonchev–Trinajstić information content (AvgIpc) is 3.47. The van der Waals surface area contributed by atoms with Crippen LogP contribution in [0.5, 0.6) is 0 Å². The van der Waals surface area contributed by atoms with Gasteiger partial charge in [-0.25, -0.2) is 8.78 Å². The number of allylic oxidation sites excluding steroid dienone is 2. The van der Waals surface area contributed by atoms with Crippen molar-refractivity contribution in [2.45, 2.75) is 36.5 Å². The summed E-state index contributed by atoms with van der Waals surface area (Å²) in [6, 6.07) is 35.2. The maximum Gasteiger partial charge on any atom is 0.123 e. The Kier molecular flexibility index (Phi) is 10.3. The molecule has 1 unspecified atom stereocenters. The number of rotatable bonds is 9. The van der Waals surface area contributed by atoms with Gasteiger partial charge in [-0.15, -0.1) is 12.4 Å². The fourth-order valence-corrected chi connectivity index (χ4v) is 8.12. The third-order valence-corrected chi connectivity index (χ3v) is 10.3. The van der Waals surface area contributed by atoms with Crippen molar-refractivity contribution < 1.29 is 8.78 Å². The first-order valence-electron chi connectivity index (χ1n) is 14.6. The summed E-state index contributed by atoms with van der Waals surface area (Å²) >= 11 is 0. The zero-order chi connectivity index (χ0) is 28.0. The third kappa shape index (κ3) is 7.03. The molecule has 42 heavy (non-hydrogen) atoms. The lowest BCUT2D eigenvalue weighted by atomic mass is 9.87. The van der Waals surface area contributed by atoms with Crippen LogP contribution in [0.3, 0.4) is 0 Å². The van der Waals surface area contributed by atoms with Gasteiger partial charge >= 0.3 is 0 Å². The van der Waals surface area contributed by atoms with Gasteiger partial charge in [-0.2, -0.15) is 0 Å². The van der Waals surface area contributed by atoms with E-state index in [1.807, 2.05) is 24.3 Å². The van der Waals surface area contributed by atoms with Gasteiger partial charge in [-0.05, 0) is 116 Å². The molecule has 0 bridgehead atoms. The molecule has 0 amide bonds. The number of halogens is 3. The largest absolute Gasteiger partial charge is 0.303 e. The van der Waals surface area contributed by atoms with Crippen molar-refractivity contribution >= 4 is 34.1 Å². The molecule has 0 saturated carbocycles. The highest BCUT2D eigenvalue weighted by atomic mass is 35.5. The third-order valence-electron chi connectivity index (χ3n) is 8.29. The number of likely N-dealkylation sites (tertiary alicyclic amines) is 1. The molecule has 0 N–H and O–H groups in total. The minimum atomic E-state index is -0.231. The molecule has 6 rings (SSSR count). The van der Waals surface area contributed by atoms with E-state index in [0.717, 1.165) is 56.4 Å². The summed E-state index contributed by atoms with van der Waals surface area (Å²) in [7, 11) is -0.114. The van der Waals surface area contributed by atoms with Gasteiger partial charge in [0.15, 0.2) is 0 Å². The summed E-state index contributed by atoms with van der Waals surface area (Å²) in [6.07, 6.45) is 6.65. The van der Waals surface area contributed by atoms with Gasteiger partial charge in [0.05, 0.1) is 5.69 Å². The van der Waals surface area contributed by atoms with Crippen LogP contribution in [-0.2, 0) is 0 Å². The number of hydrogen-bond acceptors (Lipinski definition) is 2. The Morgan fingerprint density at radius 1 is 0.714 bits per heavy atom. The van der Waals surface area contributed by atoms with E-state index in [9.17, 15) is 8.78 Å². The summed E-state index contributed by atoms with van der Waals surface area (Å²) in [6.45, 7) is 3.20. The van der Waals surface area contributed by atoms with Gasteiger partial charge in [0.1, 0.15) is 11.6 Å². The van der Waals surface area contributed by atoms with Gasteiger partial charge in [-0.1, -0.05) is 71.3 Å². The maximum atomic E-state index is 13.6. The van der Waals surface area contributed by atoms with Crippen LogP contribution in [0.15, 0.2) is 126 Å². The summed E-state index contributed by atoms with van der Waals surface area (Å²) in [5, 5.41) is 2.38. The maximum absolute atomic E-state index is 13.6. The molecular formula is C36H37ClF2N2S. The second-order valence-electron chi connectivity index (χ2n) is 10.9. The first-order valence-corrected chi connectivity index (χ1v) is 15.8. The Labute approximate surface area is 257 Å². The molecule has 0 spiro atoms. The molecule has 218 valence electrons. The first kappa shape index (κ1) is 30.2. The van der Waals surface area contributed by atoms with Gasteiger partial charge in [0.2, 0.25) is 0 Å². The fraction of sp³-hybridized carbons (Fsp3) is 0.250. The highest BCUT2D eigenvalue weighted by Gasteiger charge is 2.30. The van der Waals surface area contributed by atoms with E-state index in [4.69, 9.17) is 0 Å². The summed E-state index contributed by atoms with van der Waals surface area (Å²) < 4.78 is 29.8. The number of nitrogens with zero attached hydrogens (tertiary/aromatic N) is 2. The molecule has 1 atom stereocenters. The quantitative estimate of drug-likeness (QED) is 0.176. The van der Waals surface area contributed by atoms with Crippen molar-refractivity contribution in [1.29, 1.82) is 0 Å². The van der Waals surface area contributed by atoms with E-state index in [2.05, 4.69) is 81.3 Å². The highest BCUT2D eigenvalue weighted by Crippen LogP contribution is 2.45. The van der Waals surface area contributed by atoms with Crippen LogP contribution < -0.4 is 4.31 Å². The molecule has 1 saturated heterocycles. The molecule has 2 aliphatic heterocycles. The molecule has 4 aromatic carbocycles. The molecule has 6 heteroatoms. The molecule has 2 nitrogen and oxygen atoms in total. The smallest absolute Gasteiger partial charge is 0.123 e. The molecule has 1 fully saturated rings. The predicted molar refractivity (Wildman–Crippen MR) is 176 cm³/mol. The minimum Gasteiger partial charge on any atom is -0.303 e. The molecule has 0 aromatic heterocycles. The minimum absolute atomic E-state index is 0. The zero-order valence-electron chi connectivity index (χ0n) is 23.6. The van der Waals surface area contributed by atoms with Crippen LogP contribution in [0, 0.1) is 17.6 Å². The van der Waals surface area contributed by atoms with Crippen LogP contribution in [0.25, 0.3) is 0 Å². The molecule has 4 aromatic rings. The van der Waals surface area contributed by atoms with Crippen LogP contribution in [0.2, 0.25) is 0 Å².